The molecule has 0 bridgehead atoms. The fourth-order valence-electron chi connectivity index (χ4n) is 0.549. The number of nitrogens with one attached hydrogen (secondary N) is 1. The lowest BCUT2D eigenvalue weighted by molar-refractivity contribution is -0.731. The molecule has 0 aliphatic heterocycles. The first kappa shape index (κ1) is 11.8. The Morgan fingerprint density at radius 1 is 1.50 bits per heavy atom. The Morgan fingerprint density at radius 2 is 2.17 bits per heavy atom. The van der Waals surface area contributed by atoms with Crippen molar-refractivity contribution < 1.29 is 10.4 Å². The van der Waals surface area contributed by atoms with Crippen LogP contribution in [0.5, 0.6) is 0 Å². The van der Waals surface area contributed by atoms with Gasteiger partial charge in [0.2, 0.25) is 0 Å². The summed E-state index contributed by atoms with van der Waals surface area (Å²) in [5, 5.41) is 13.7. The molecule has 0 aromatic heterocycles. The van der Waals surface area contributed by atoms with Crippen molar-refractivity contribution in [3.05, 3.63) is 5.21 Å². The summed E-state index contributed by atoms with van der Waals surface area (Å²) in [6.07, 6.45) is 0. The molecule has 5 nitrogen and oxygen atoms in total. The Kier molecular flexibility index (Phi) is 7.28. The topological polar surface area (TPSA) is 72.0 Å². The highest BCUT2D eigenvalue weighted by molar-refractivity contribution is 6.18. The zero-order valence-corrected chi connectivity index (χ0v) is 7.94. The van der Waals surface area contributed by atoms with Gasteiger partial charge in [-0.05, 0) is 0 Å². The summed E-state index contributed by atoms with van der Waals surface area (Å²) < 4.78 is 0. The van der Waals surface area contributed by atoms with E-state index in [1.54, 1.807) is 0 Å². The molecule has 0 rings (SSSR count). The number of carbonyl (C=O) groups is 1. The number of carbonyl (C=O) groups excluding carboxylic acids is 1. The Labute approximate surface area is 80.5 Å². The van der Waals surface area contributed by atoms with Crippen LogP contribution in [0.3, 0.4) is 0 Å². The lowest BCUT2D eigenvalue weighted by Gasteiger charge is -2.19. The molecule has 0 aliphatic carbocycles. The molecule has 0 radical (unpaired) electrons. The summed E-state index contributed by atoms with van der Waals surface area (Å²) in [6, 6.07) is -0.466. The zero-order valence-electron chi connectivity index (χ0n) is 6.43. The first-order chi connectivity index (χ1) is 5.76. The predicted octanol–water partition coefficient (Wildman–Crippen LogP) is -0.548. The van der Waals surface area contributed by atoms with Crippen LogP contribution in [-0.2, 0) is 0 Å². The van der Waals surface area contributed by atoms with E-state index in [9.17, 15) is 10.0 Å². The SMILES string of the molecule is O=C(NCCCl)N(CCCl)[NH2+][O-]. The van der Waals surface area contributed by atoms with Gasteiger partial charge in [-0.15, -0.1) is 23.2 Å². The van der Waals surface area contributed by atoms with E-state index < -0.39 is 6.03 Å². The molecule has 12 heavy (non-hydrogen) atoms. The van der Waals surface area contributed by atoms with E-state index in [-0.39, 0.29) is 12.4 Å². The Morgan fingerprint density at radius 3 is 2.58 bits per heavy atom. The molecule has 2 amide bonds. The number of quaternary nitrogens is 1. The number of hydrogen-bond donors (Lipinski definition) is 2. The standard InChI is InChI=1S/C5H11Cl2N3O2/c6-1-3-8-5(11)10(9-12)4-2-7/h1-4,9H2,(H,8,11). The number of urea groups is 1. The first-order valence-electron chi connectivity index (χ1n) is 3.38. The maximum absolute atomic E-state index is 11.0. The van der Waals surface area contributed by atoms with E-state index in [1.165, 1.54) is 0 Å². The Balaban J connectivity index is 3.69. The third kappa shape index (κ3) is 4.61. The van der Waals surface area contributed by atoms with Gasteiger partial charge in [0.25, 0.3) is 0 Å². The molecule has 0 aromatic rings. The van der Waals surface area contributed by atoms with Gasteiger partial charge in [0, 0.05) is 18.3 Å². The number of hydrogen-bond acceptors (Lipinski definition) is 2. The molecule has 0 heterocycles. The molecule has 0 saturated carbocycles. The Bertz CT molecular complexity index is 136. The molecular weight excluding hydrogens is 205 g/mol. The largest absolute Gasteiger partial charge is 0.609 e. The average Bonchev–Trinajstić information content (AvgIpc) is 2.10. The second-order valence-corrected chi connectivity index (χ2v) is 2.66. The van der Waals surface area contributed by atoms with Crippen LogP contribution in [0, 0.1) is 5.21 Å². The van der Waals surface area contributed by atoms with Gasteiger partial charge in [0.05, 0.1) is 6.54 Å². The molecule has 72 valence electrons. The van der Waals surface area contributed by atoms with Crippen LogP contribution in [0.1, 0.15) is 0 Å². The average molecular weight is 216 g/mol. The van der Waals surface area contributed by atoms with Crippen LogP contribution in [-0.4, -0.2) is 35.9 Å². The van der Waals surface area contributed by atoms with E-state index in [2.05, 4.69) is 5.32 Å². The van der Waals surface area contributed by atoms with Crippen LogP contribution in [0.2, 0.25) is 0 Å². The fourth-order valence-corrected chi connectivity index (χ4v) is 0.825. The lowest BCUT2D eigenvalue weighted by atomic mass is 10.6. The van der Waals surface area contributed by atoms with Gasteiger partial charge in [-0.2, -0.15) is 5.01 Å². The van der Waals surface area contributed by atoms with Crippen LogP contribution >= 0.6 is 23.2 Å². The number of alkyl halides is 2. The second kappa shape index (κ2) is 7.42. The molecule has 0 unspecified atom stereocenters. The Hall–Kier alpha value is -0.230. The third-order valence-electron chi connectivity index (χ3n) is 1.08. The number of nitrogens with two attached hydrogens (primary N) is 1. The van der Waals surface area contributed by atoms with Crippen LogP contribution in [0.4, 0.5) is 4.79 Å². The molecule has 7 heteroatoms. The van der Waals surface area contributed by atoms with Crippen molar-refractivity contribution in [1.82, 2.24) is 10.3 Å². The highest BCUT2D eigenvalue weighted by Gasteiger charge is 2.11. The maximum Gasteiger partial charge on any atom is 0.361 e. The monoisotopic (exact) mass is 215 g/mol. The van der Waals surface area contributed by atoms with Crippen molar-refractivity contribution in [2.45, 2.75) is 0 Å². The van der Waals surface area contributed by atoms with Gasteiger partial charge in [-0.1, -0.05) is 0 Å². The summed E-state index contributed by atoms with van der Waals surface area (Å²) in [6.45, 7) is 0.548. The highest BCUT2D eigenvalue weighted by Crippen LogP contribution is 1.81. The van der Waals surface area contributed by atoms with Crippen molar-refractivity contribution >= 4 is 29.2 Å². The second-order valence-electron chi connectivity index (χ2n) is 1.91. The normalized spacial score (nSPS) is 9.58. The maximum atomic E-state index is 11.0. The zero-order chi connectivity index (χ0) is 9.40. The summed E-state index contributed by atoms with van der Waals surface area (Å²) in [5.74, 6) is 0.548. The van der Waals surface area contributed by atoms with E-state index in [4.69, 9.17) is 23.2 Å². The van der Waals surface area contributed by atoms with Crippen LogP contribution in [0.15, 0.2) is 0 Å². The minimum Gasteiger partial charge on any atom is -0.609 e. The molecule has 0 atom stereocenters. The van der Waals surface area contributed by atoms with Crippen molar-refractivity contribution in [1.29, 1.82) is 0 Å². The van der Waals surface area contributed by atoms with Crippen LogP contribution < -0.4 is 10.9 Å². The molecule has 0 spiro atoms. The summed E-state index contributed by atoms with van der Waals surface area (Å²) >= 11 is 10.7. The molecule has 3 N–H and O–H groups in total. The highest BCUT2D eigenvalue weighted by atomic mass is 35.5. The smallest absolute Gasteiger partial charge is 0.361 e. The lowest BCUT2D eigenvalue weighted by Crippen LogP contribution is -2.90. The molecule has 0 aliphatic rings. The van der Waals surface area contributed by atoms with Crippen molar-refractivity contribution in [3.63, 3.8) is 0 Å². The molecule has 0 fully saturated rings. The summed E-state index contributed by atoms with van der Waals surface area (Å²) in [5.41, 5.74) is 0.436. The van der Waals surface area contributed by atoms with E-state index in [0.717, 1.165) is 5.01 Å². The predicted molar refractivity (Wildman–Crippen MR) is 46.8 cm³/mol. The van der Waals surface area contributed by atoms with Gasteiger partial charge in [0.15, 0.2) is 0 Å². The van der Waals surface area contributed by atoms with Gasteiger partial charge in [-0.25, -0.2) is 4.79 Å². The van der Waals surface area contributed by atoms with Crippen molar-refractivity contribution in [2.75, 3.05) is 24.8 Å². The number of amides is 2. The fraction of sp³-hybridized carbons (Fsp3) is 0.800. The van der Waals surface area contributed by atoms with Crippen LogP contribution in [0.25, 0.3) is 0 Å². The van der Waals surface area contributed by atoms with E-state index in [1.807, 2.05) is 0 Å². The minimum absolute atomic E-state index is 0.208. The molecular formula is C5H11Cl2N3O2. The number of halogens is 2. The van der Waals surface area contributed by atoms with Crippen molar-refractivity contribution in [2.24, 2.45) is 0 Å². The van der Waals surface area contributed by atoms with Crippen molar-refractivity contribution in [3.8, 4) is 0 Å². The summed E-state index contributed by atoms with van der Waals surface area (Å²) in [4.78, 5) is 11.0. The third-order valence-corrected chi connectivity index (χ3v) is 1.44. The van der Waals surface area contributed by atoms with E-state index in [0.29, 0.717) is 18.0 Å². The van der Waals surface area contributed by atoms with E-state index >= 15 is 0 Å². The minimum atomic E-state index is -0.466. The van der Waals surface area contributed by atoms with Gasteiger partial charge >= 0.3 is 6.03 Å². The molecule has 0 aromatic carbocycles. The first-order valence-corrected chi connectivity index (χ1v) is 4.44. The number of nitrogens with zero attached hydrogens (tertiary/aromatic N) is 1. The molecule has 0 saturated heterocycles. The van der Waals surface area contributed by atoms with Gasteiger partial charge in [-0.3, -0.25) is 5.59 Å². The van der Waals surface area contributed by atoms with Gasteiger partial charge < -0.3 is 10.5 Å². The quantitative estimate of drug-likeness (QED) is 0.280. The number of rotatable bonds is 5. The van der Waals surface area contributed by atoms with Gasteiger partial charge in [0.1, 0.15) is 0 Å². The summed E-state index contributed by atoms with van der Waals surface area (Å²) in [7, 11) is 0.